The molecular weight excluding hydrogens is 458 g/mol. The van der Waals surface area contributed by atoms with Gasteiger partial charge in [0.15, 0.2) is 0 Å². The van der Waals surface area contributed by atoms with Crippen molar-refractivity contribution in [2.75, 3.05) is 0 Å². The van der Waals surface area contributed by atoms with E-state index >= 15 is 0 Å². The Balaban J connectivity index is 1.76. The number of phenols is 1. The number of rotatable bonds is 8. The molecule has 172 valence electrons. The highest BCUT2D eigenvalue weighted by Gasteiger charge is 2.36. The number of hydrogen-bond donors (Lipinski definition) is 6. The van der Waals surface area contributed by atoms with Gasteiger partial charge in [0.25, 0.3) is 10.0 Å². The first-order valence-corrected chi connectivity index (χ1v) is 11.9. The molecule has 2 aromatic rings. The van der Waals surface area contributed by atoms with E-state index in [1.807, 2.05) is 0 Å². The van der Waals surface area contributed by atoms with Crippen LogP contribution in [-0.2, 0) is 26.0 Å². The summed E-state index contributed by atoms with van der Waals surface area (Å²) >= 11 is 0.979. The number of sulfonamides is 1. The maximum Gasteiger partial charge on any atom is 0.250 e. The second-order valence-electron chi connectivity index (χ2n) is 7.33. The fourth-order valence-electron chi connectivity index (χ4n) is 3.24. The van der Waals surface area contributed by atoms with Crippen molar-refractivity contribution < 1.29 is 33.3 Å². The molecule has 1 heterocycles. The Morgan fingerprint density at radius 1 is 1.19 bits per heavy atom. The molecule has 0 aliphatic heterocycles. The number of aliphatic hydroxyl groups excluding tert-OH is 2. The van der Waals surface area contributed by atoms with Gasteiger partial charge in [0.2, 0.25) is 11.8 Å². The number of hydrogen-bond acceptors (Lipinski definition) is 8. The van der Waals surface area contributed by atoms with Crippen molar-refractivity contribution in [1.29, 1.82) is 0 Å². The SMILES string of the molecule is NC(=O)[C@H](Cc1ccc(O)cc1)NC(=O)C1=C[C@H](NS(=O)(=O)c2cccs2)[C@@H](O)[C@H](O)C1. The molecule has 4 atom stereocenters. The summed E-state index contributed by atoms with van der Waals surface area (Å²) in [5, 5.41) is 33.8. The summed E-state index contributed by atoms with van der Waals surface area (Å²) in [6.45, 7) is 0. The van der Waals surface area contributed by atoms with Gasteiger partial charge in [-0.05, 0) is 29.1 Å². The standard InChI is InChI=1S/C20H23N3O7S2/c21-19(27)15(8-11-3-5-13(24)6-4-11)22-20(28)12-9-14(18(26)16(25)10-12)23-32(29,30)17-2-1-7-31-17/h1-7,9,14-16,18,23-26H,8,10H2,(H2,21,27)(H,22,28)/t14-,15-,16+,18+/m0/s1. The Bertz CT molecular complexity index is 1100. The number of aromatic hydroxyl groups is 1. The number of benzene rings is 1. The number of nitrogens with one attached hydrogen (secondary N) is 2. The minimum Gasteiger partial charge on any atom is -0.508 e. The Labute approximate surface area is 188 Å². The number of nitrogens with two attached hydrogens (primary N) is 1. The van der Waals surface area contributed by atoms with Crippen molar-refractivity contribution in [3.05, 3.63) is 59.0 Å². The highest BCUT2D eigenvalue weighted by atomic mass is 32.2. The number of phenolic OH excluding ortho intramolecular Hbond substituents is 1. The predicted molar refractivity (Wildman–Crippen MR) is 116 cm³/mol. The predicted octanol–water partition coefficient (Wildman–Crippen LogP) is -0.635. The fraction of sp³-hybridized carbons (Fsp3) is 0.300. The lowest BCUT2D eigenvalue weighted by atomic mass is 9.90. The van der Waals surface area contributed by atoms with Gasteiger partial charge in [-0.25, -0.2) is 13.1 Å². The van der Waals surface area contributed by atoms with E-state index in [2.05, 4.69) is 10.0 Å². The van der Waals surface area contributed by atoms with Crippen molar-refractivity contribution in [2.24, 2.45) is 5.73 Å². The molecular formula is C20H23N3O7S2. The molecule has 1 aliphatic carbocycles. The van der Waals surface area contributed by atoms with Crippen molar-refractivity contribution in [3.63, 3.8) is 0 Å². The third kappa shape index (κ3) is 5.72. The Morgan fingerprint density at radius 2 is 1.88 bits per heavy atom. The Morgan fingerprint density at radius 3 is 2.47 bits per heavy atom. The van der Waals surface area contributed by atoms with Crippen LogP contribution in [0, 0.1) is 0 Å². The maximum atomic E-state index is 12.8. The first kappa shape index (κ1) is 23.9. The zero-order valence-electron chi connectivity index (χ0n) is 16.7. The normalized spacial score (nSPS) is 22.1. The molecule has 0 bridgehead atoms. The zero-order chi connectivity index (χ0) is 23.5. The van der Waals surface area contributed by atoms with Crippen molar-refractivity contribution in [2.45, 2.75) is 41.3 Å². The van der Waals surface area contributed by atoms with Gasteiger partial charge < -0.3 is 26.4 Å². The van der Waals surface area contributed by atoms with Gasteiger partial charge >= 0.3 is 0 Å². The summed E-state index contributed by atoms with van der Waals surface area (Å²) in [4.78, 5) is 24.6. The van der Waals surface area contributed by atoms with Crippen LogP contribution in [0.3, 0.4) is 0 Å². The number of primary amides is 1. The van der Waals surface area contributed by atoms with Gasteiger partial charge in [0, 0.05) is 18.4 Å². The zero-order valence-corrected chi connectivity index (χ0v) is 18.3. The van der Waals surface area contributed by atoms with E-state index in [9.17, 15) is 33.3 Å². The lowest BCUT2D eigenvalue weighted by Gasteiger charge is -2.31. The average Bonchev–Trinajstić information content (AvgIpc) is 3.28. The number of carbonyl (C=O) groups excluding carboxylic acids is 2. The van der Waals surface area contributed by atoms with E-state index in [0.29, 0.717) is 5.56 Å². The summed E-state index contributed by atoms with van der Waals surface area (Å²) in [5.74, 6) is -1.47. The van der Waals surface area contributed by atoms with Crippen LogP contribution in [0.15, 0.2) is 57.6 Å². The van der Waals surface area contributed by atoms with Crippen LogP contribution in [0.2, 0.25) is 0 Å². The molecule has 1 aromatic carbocycles. The highest BCUT2D eigenvalue weighted by Crippen LogP contribution is 2.23. The topological polar surface area (TPSA) is 179 Å². The molecule has 1 aromatic heterocycles. The van der Waals surface area contributed by atoms with Crippen molar-refractivity contribution in [3.8, 4) is 5.75 Å². The van der Waals surface area contributed by atoms with Crippen molar-refractivity contribution >= 4 is 33.2 Å². The molecule has 0 radical (unpaired) electrons. The van der Waals surface area contributed by atoms with Crippen LogP contribution in [-0.4, -0.2) is 59.8 Å². The lowest BCUT2D eigenvalue weighted by molar-refractivity contribution is -0.125. The Kier molecular flexibility index (Phi) is 7.31. The molecule has 32 heavy (non-hydrogen) atoms. The van der Waals surface area contributed by atoms with Gasteiger partial charge in [-0.2, -0.15) is 0 Å². The Hall–Kier alpha value is -2.77. The summed E-state index contributed by atoms with van der Waals surface area (Å²) in [5.41, 5.74) is 6.04. The van der Waals surface area contributed by atoms with Gasteiger partial charge in [0.05, 0.1) is 12.1 Å². The van der Waals surface area contributed by atoms with Crippen molar-refractivity contribution in [1.82, 2.24) is 10.0 Å². The second-order valence-corrected chi connectivity index (χ2v) is 10.2. The minimum absolute atomic E-state index is 0.00126. The van der Waals surface area contributed by atoms with Gasteiger partial charge in [-0.1, -0.05) is 24.3 Å². The maximum absolute atomic E-state index is 12.8. The molecule has 0 spiro atoms. The largest absolute Gasteiger partial charge is 0.508 e. The van der Waals surface area contributed by atoms with E-state index in [1.54, 1.807) is 23.6 Å². The number of thiophene rings is 1. The summed E-state index contributed by atoms with van der Waals surface area (Å²) in [6.07, 6.45) is -1.83. The number of aliphatic hydroxyl groups is 2. The molecule has 0 saturated carbocycles. The second kappa shape index (κ2) is 9.79. The first-order chi connectivity index (χ1) is 15.1. The summed E-state index contributed by atoms with van der Waals surface area (Å²) < 4.78 is 27.3. The molecule has 10 nitrogen and oxygen atoms in total. The molecule has 0 fully saturated rings. The third-order valence-electron chi connectivity index (χ3n) is 4.94. The molecule has 12 heteroatoms. The highest BCUT2D eigenvalue weighted by molar-refractivity contribution is 7.91. The van der Waals surface area contributed by atoms with Crippen LogP contribution < -0.4 is 15.8 Å². The van der Waals surface area contributed by atoms with Crippen LogP contribution in [0.5, 0.6) is 5.75 Å². The number of carbonyl (C=O) groups is 2. The monoisotopic (exact) mass is 481 g/mol. The minimum atomic E-state index is -3.98. The van der Waals surface area contributed by atoms with E-state index < -0.39 is 46.1 Å². The molecule has 2 amide bonds. The third-order valence-corrected chi connectivity index (χ3v) is 7.80. The van der Waals surface area contributed by atoms with E-state index in [0.717, 1.165) is 11.3 Å². The summed E-state index contributed by atoms with van der Waals surface area (Å²) in [7, 11) is -3.98. The number of amides is 2. The van der Waals surface area contributed by atoms with E-state index in [-0.39, 0.29) is 28.4 Å². The molecule has 7 N–H and O–H groups in total. The van der Waals surface area contributed by atoms with Gasteiger partial charge in [0.1, 0.15) is 22.1 Å². The first-order valence-electron chi connectivity index (χ1n) is 9.57. The average molecular weight is 482 g/mol. The van der Waals surface area contributed by atoms with Gasteiger partial charge in [-0.15, -0.1) is 11.3 Å². The smallest absolute Gasteiger partial charge is 0.250 e. The van der Waals surface area contributed by atoms with Crippen LogP contribution in [0.4, 0.5) is 0 Å². The quantitative estimate of drug-likeness (QED) is 0.290. The van der Waals surface area contributed by atoms with Crippen LogP contribution >= 0.6 is 11.3 Å². The van der Waals surface area contributed by atoms with Gasteiger partial charge in [-0.3, -0.25) is 9.59 Å². The van der Waals surface area contributed by atoms with Crippen LogP contribution in [0.1, 0.15) is 12.0 Å². The fourth-order valence-corrected chi connectivity index (χ4v) is 5.44. The van der Waals surface area contributed by atoms with E-state index in [1.165, 1.54) is 24.3 Å². The molecule has 1 aliphatic rings. The van der Waals surface area contributed by atoms with Crippen LogP contribution in [0.25, 0.3) is 0 Å². The van der Waals surface area contributed by atoms with E-state index in [4.69, 9.17) is 5.73 Å². The molecule has 0 unspecified atom stereocenters. The molecule has 0 saturated heterocycles. The summed E-state index contributed by atoms with van der Waals surface area (Å²) in [6, 6.07) is 6.62. The molecule has 3 rings (SSSR count). The lowest BCUT2D eigenvalue weighted by Crippen LogP contribution is -2.52.